The zero-order valence-electron chi connectivity index (χ0n) is 10.5. The molecule has 0 saturated heterocycles. The van der Waals surface area contributed by atoms with Crippen LogP contribution in [0.4, 0.5) is 0 Å². The molecule has 0 aliphatic carbocycles. The molecule has 19 heavy (non-hydrogen) atoms. The van der Waals surface area contributed by atoms with E-state index < -0.39 is 0 Å². The summed E-state index contributed by atoms with van der Waals surface area (Å²) in [6.07, 6.45) is 4.60. The lowest BCUT2D eigenvalue weighted by molar-refractivity contribution is -0.117. The van der Waals surface area contributed by atoms with E-state index in [0.717, 1.165) is 5.56 Å². The zero-order chi connectivity index (χ0) is 13.5. The number of furan rings is 1. The minimum absolute atomic E-state index is 0.153. The lowest BCUT2D eigenvalue weighted by Gasteiger charge is -2.12. The highest BCUT2D eigenvalue weighted by Crippen LogP contribution is 2.15. The SMILES string of the molecule is COC(CNC(=O)C=Cc1ccsc1)c1ccco1. The third-order valence-corrected chi connectivity index (χ3v) is 3.28. The van der Waals surface area contributed by atoms with Gasteiger partial charge in [0, 0.05) is 13.2 Å². The Hall–Kier alpha value is -1.85. The van der Waals surface area contributed by atoms with Crippen molar-refractivity contribution in [2.75, 3.05) is 13.7 Å². The molecule has 5 heteroatoms. The van der Waals surface area contributed by atoms with Crippen molar-refractivity contribution < 1.29 is 13.9 Å². The Morgan fingerprint density at radius 1 is 1.58 bits per heavy atom. The third kappa shape index (κ3) is 4.08. The second kappa shape index (κ2) is 6.92. The van der Waals surface area contributed by atoms with E-state index >= 15 is 0 Å². The van der Waals surface area contributed by atoms with Crippen LogP contribution in [0.15, 0.2) is 45.7 Å². The first kappa shape index (κ1) is 13.6. The Morgan fingerprint density at radius 2 is 2.47 bits per heavy atom. The van der Waals surface area contributed by atoms with E-state index in [1.165, 1.54) is 6.08 Å². The number of hydrogen-bond donors (Lipinski definition) is 1. The first-order valence-corrected chi connectivity index (χ1v) is 6.78. The second-order valence-corrected chi connectivity index (χ2v) is 4.65. The number of methoxy groups -OCH3 is 1. The molecule has 0 aromatic carbocycles. The fraction of sp³-hybridized carbons (Fsp3) is 0.214. The summed E-state index contributed by atoms with van der Waals surface area (Å²) in [7, 11) is 1.58. The number of carbonyl (C=O) groups is 1. The normalized spacial score (nSPS) is 12.7. The summed E-state index contributed by atoms with van der Waals surface area (Å²) in [5, 5.41) is 6.72. The minimum atomic E-state index is -0.270. The van der Waals surface area contributed by atoms with Gasteiger partial charge >= 0.3 is 0 Å². The predicted octanol–water partition coefficient (Wildman–Crippen LogP) is 2.86. The Labute approximate surface area is 115 Å². The van der Waals surface area contributed by atoms with Gasteiger partial charge in [0.15, 0.2) is 0 Å². The summed E-state index contributed by atoms with van der Waals surface area (Å²) in [4.78, 5) is 11.6. The zero-order valence-corrected chi connectivity index (χ0v) is 11.4. The molecule has 1 N–H and O–H groups in total. The van der Waals surface area contributed by atoms with E-state index in [-0.39, 0.29) is 12.0 Å². The van der Waals surface area contributed by atoms with Crippen molar-refractivity contribution in [2.45, 2.75) is 6.10 Å². The number of nitrogens with one attached hydrogen (secondary N) is 1. The van der Waals surface area contributed by atoms with Crippen molar-refractivity contribution in [1.82, 2.24) is 5.32 Å². The molecule has 0 radical (unpaired) electrons. The summed E-state index contributed by atoms with van der Waals surface area (Å²) >= 11 is 1.60. The Morgan fingerprint density at radius 3 is 3.11 bits per heavy atom. The summed E-state index contributed by atoms with van der Waals surface area (Å²) in [5.74, 6) is 0.546. The number of carbonyl (C=O) groups excluding carboxylic acids is 1. The average molecular weight is 277 g/mol. The van der Waals surface area contributed by atoms with Gasteiger partial charge in [-0.15, -0.1) is 0 Å². The quantitative estimate of drug-likeness (QED) is 0.826. The number of thiophene rings is 1. The van der Waals surface area contributed by atoms with Crippen molar-refractivity contribution in [3.05, 3.63) is 52.6 Å². The molecule has 0 aliphatic rings. The molecule has 2 rings (SSSR count). The highest BCUT2D eigenvalue weighted by molar-refractivity contribution is 7.08. The molecular formula is C14H15NO3S. The maximum absolute atomic E-state index is 11.6. The van der Waals surface area contributed by atoms with Crippen LogP contribution in [-0.2, 0) is 9.53 Å². The van der Waals surface area contributed by atoms with Crippen molar-refractivity contribution in [1.29, 1.82) is 0 Å². The monoisotopic (exact) mass is 277 g/mol. The van der Waals surface area contributed by atoms with Crippen molar-refractivity contribution in [3.63, 3.8) is 0 Å². The van der Waals surface area contributed by atoms with Gasteiger partial charge < -0.3 is 14.5 Å². The molecule has 0 fully saturated rings. The van der Waals surface area contributed by atoms with Crippen LogP contribution < -0.4 is 5.32 Å². The van der Waals surface area contributed by atoms with E-state index in [9.17, 15) is 4.79 Å². The van der Waals surface area contributed by atoms with Gasteiger partial charge in [0.2, 0.25) is 5.91 Å². The molecule has 1 unspecified atom stereocenters. The molecule has 2 heterocycles. The van der Waals surface area contributed by atoms with Crippen LogP contribution >= 0.6 is 11.3 Å². The van der Waals surface area contributed by atoms with Gasteiger partial charge in [-0.25, -0.2) is 0 Å². The number of amides is 1. The van der Waals surface area contributed by atoms with E-state index in [2.05, 4.69) is 5.32 Å². The fourth-order valence-corrected chi connectivity index (χ4v) is 2.20. The third-order valence-electron chi connectivity index (χ3n) is 2.58. The molecule has 1 amide bonds. The Kier molecular flexibility index (Phi) is 4.94. The van der Waals surface area contributed by atoms with Crippen LogP contribution in [0, 0.1) is 0 Å². The predicted molar refractivity (Wildman–Crippen MR) is 74.8 cm³/mol. The molecule has 4 nitrogen and oxygen atoms in total. The van der Waals surface area contributed by atoms with E-state index in [0.29, 0.717) is 12.3 Å². The second-order valence-electron chi connectivity index (χ2n) is 3.87. The maximum atomic E-state index is 11.6. The summed E-state index contributed by atoms with van der Waals surface area (Å²) in [6, 6.07) is 5.57. The molecule has 0 aliphatic heterocycles. The lowest BCUT2D eigenvalue weighted by Crippen LogP contribution is -2.27. The molecular weight excluding hydrogens is 262 g/mol. The van der Waals surface area contributed by atoms with Gasteiger partial charge in [0.1, 0.15) is 11.9 Å². The van der Waals surface area contributed by atoms with Crippen LogP contribution in [0.3, 0.4) is 0 Å². The number of rotatable bonds is 6. The lowest BCUT2D eigenvalue weighted by atomic mass is 10.2. The smallest absolute Gasteiger partial charge is 0.244 e. The van der Waals surface area contributed by atoms with Crippen LogP contribution in [0.5, 0.6) is 0 Å². The maximum Gasteiger partial charge on any atom is 0.244 e. The standard InChI is InChI=1S/C14H15NO3S/c1-17-13(12-3-2-7-18-12)9-15-14(16)5-4-11-6-8-19-10-11/h2-8,10,13H,9H2,1H3,(H,15,16). The van der Waals surface area contributed by atoms with Crippen LogP contribution in [0.2, 0.25) is 0 Å². The van der Waals surface area contributed by atoms with Crippen molar-refractivity contribution in [3.8, 4) is 0 Å². The van der Waals surface area contributed by atoms with E-state index in [1.807, 2.05) is 22.9 Å². The van der Waals surface area contributed by atoms with Gasteiger partial charge in [-0.1, -0.05) is 0 Å². The molecule has 1 atom stereocenters. The van der Waals surface area contributed by atoms with E-state index in [1.54, 1.807) is 36.9 Å². The van der Waals surface area contributed by atoms with Gasteiger partial charge in [0.25, 0.3) is 0 Å². The molecule has 2 aromatic rings. The topological polar surface area (TPSA) is 51.5 Å². The molecule has 0 bridgehead atoms. The first-order chi connectivity index (χ1) is 9.29. The van der Waals surface area contributed by atoms with Gasteiger partial charge in [-0.2, -0.15) is 11.3 Å². The average Bonchev–Trinajstić information content (AvgIpc) is 3.10. The van der Waals surface area contributed by atoms with Crippen molar-refractivity contribution in [2.24, 2.45) is 0 Å². The molecule has 0 spiro atoms. The first-order valence-electron chi connectivity index (χ1n) is 5.84. The minimum Gasteiger partial charge on any atom is -0.467 e. The molecule has 2 aromatic heterocycles. The largest absolute Gasteiger partial charge is 0.467 e. The van der Waals surface area contributed by atoms with Crippen LogP contribution in [-0.4, -0.2) is 19.6 Å². The van der Waals surface area contributed by atoms with Gasteiger partial charge in [-0.3, -0.25) is 4.79 Å². The molecule has 0 saturated carbocycles. The van der Waals surface area contributed by atoms with Crippen molar-refractivity contribution >= 4 is 23.3 Å². The summed E-state index contributed by atoms with van der Waals surface area (Å²) in [5.41, 5.74) is 1.02. The summed E-state index contributed by atoms with van der Waals surface area (Å²) < 4.78 is 10.5. The fourth-order valence-electron chi connectivity index (χ4n) is 1.57. The summed E-state index contributed by atoms with van der Waals surface area (Å²) in [6.45, 7) is 0.372. The number of ether oxygens (including phenoxy) is 1. The van der Waals surface area contributed by atoms with Gasteiger partial charge in [-0.05, 0) is 40.6 Å². The Bertz CT molecular complexity index is 517. The Balaban J connectivity index is 1.82. The van der Waals surface area contributed by atoms with Gasteiger partial charge in [0.05, 0.1) is 12.8 Å². The number of hydrogen-bond acceptors (Lipinski definition) is 4. The van der Waals surface area contributed by atoms with Crippen LogP contribution in [0.1, 0.15) is 17.4 Å². The van der Waals surface area contributed by atoms with E-state index in [4.69, 9.17) is 9.15 Å². The van der Waals surface area contributed by atoms with Crippen LogP contribution in [0.25, 0.3) is 6.08 Å². The highest BCUT2D eigenvalue weighted by atomic mass is 32.1. The highest BCUT2D eigenvalue weighted by Gasteiger charge is 2.13. The molecule has 100 valence electrons.